The van der Waals surface area contributed by atoms with Crippen molar-refractivity contribution in [2.75, 3.05) is 20.1 Å². The van der Waals surface area contributed by atoms with E-state index in [0.717, 1.165) is 13.1 Å². The van der Waals surface area contributed by atoms with Crippen LogP contribution in [0.2, 0.25) is 0 Å². The van der Waals surface area contributed by atoms with Crippen LogP contribution in [-0.4, -0.2) is 31.4 Å². The van der Waals surface area contributed by atoms with E-state index >= 15 is 0 Å². The van der Waals surface area contributed by atoms with Gasteiger partial charge in [-0.3, -0.25) is 4.99 Å². The lowest BCUT2D eigenvalue weighted by molar-refractivity contribution is 0.452. The largest absolute Gasteiger partial charge is 0.363 e. The zero-order valence-corrected chi connectivity index (χ0v) is 6.59. The molecule has 0 fully saturated rings. The maximum atomic E-state index is 3.93. The van der Waals surface area contributed by atoms with Crippen molar-refractivity contribution in [3.05, 3.63) is 0 Å². The molecule has 0 N–H and O–H groups in total. The molecule has 0 aromatic heterocycles. The Kier molecular flexibility index (Phi) is 5.27. The summed E-state index contributed by atoms with van der Waals surface area (Å²) in [6.07, 6.45) is 3.09. The molecule has 2 heteroatoms. The summed E-state index contributed by atoms with van der Waals surface area (Å²) in [4.78, 5) is 6.12. The number of rotatable bonds is 4. The first-order chi connectivity index (χ1) is 4.35. The molecule has 0 aliphatic heterocycles. The molecule has 0 heterocycles. The summed E-state index contributed by atoms with van der Waals surface area (Å²) in [5, 5.41) is 0. The third kappa shape index (κ3) is 4.01. The summed E-state index contributed by atoms with van der Waals surface area (Å²) in [7, 11) is 1.80. The predicted octanol–water partition coefficient (Wildman–Crippen LogP) is 1.38. The minimum absolute atomic E-state index is 1.06. The topological polar surface area (TPSA) is 15.6 Å². The van der Waals surface area contributed by atoms with Crippen molar-refractivity contribution >= 4 is 6.34 Å². The lowest BCUT2D eigenvalue weighted by Gasteiger charge is -2.14. The number of aliphatic imine (C=N–C) groups is 1. The van der Waals surface area contributed by atoms with Gasteiger partial charge in [0, 0.05) is 20.1 Å². The molecule has 0 aliphatic rings. The Morgan fingerprint density at radius 2 is 2.11 bits per heavy atom. The molecule has 0 rings (SSSR count). The second kappa shape index (κ2) is 5.60. The Bertz CT molecular complexity index is 79.0. The van der Waals surface area contributed by atoms with Crippen molar-refractivity contribution in [3.8, 4) is 0 Å². The first kappa shape index (κ1) is 8.47. The van der Waals surface area contributed by atoms with E-state index in [1.54, 1.807) is 7.05 Å². The van der Waals surface area contributed by atoms with Gasteiger partial charge in [-0.25, -0.2) is 0 Å². The third-order valence-electron chi connectivity index (χ3n) is 1.20. The zero-order chi connectivity index (χ0) is 7.11. The molecule has 2 nitrogen and oxygen atoms in total. The van der Waals surface area contributed by atoms with Crippen LogP contribution in [0, 0.1) is 0 Å². The van der Waals surface area contributed by atoms with Crippen molar-refractivity contribution in [1.82, 2.24) is 4.90 Å². The first-order valence-corrected chi connectivity index (χ1v) is 3.51. The van der Waals surface area contributed by atoms with Gasteiger partial charge in [-0.05, 0) is 13.3 Å². The monoisotopic (exact) mass is 128 g/mol. The van der Waals surface area contributed by atoms with Crippen LogP contribution in [0.25, 0.3) is 0 Å². The van der Waals surface area contributed by atoms with Crippen LogP contribution >= 0.6 is 0 Å². The summed E-state index contributed by atoms with van der Waals surface area (Å²) in [5.41, 5.74) is 0. The SMILES string of the molecule is CCCN(C=NC)CC. The molecule has 54 valence electrons. The maximum absolute atomic E-state index is 3.93. The fraction of sp³-hybridized carbons (Fsp3) is 0.857. The van der Waals surface area contributed by atoms with Crippen molar-refractivity contribution < 1.29 is 0 Å². The van der Waals surface area contributed by atoms with Gasteiger partial charge in [0.1, 0.15) is 0 Å². The van der Waals surface area contributed by atoms with Gasteiger partial charge in [0.25, 0.3) is 0 Å². The Morgan fingerprint density at radius 3 is 2.44 bits per heavy atom. The summed E-state index contributed by atoms with van der Waals surface area (Å²) >= 11 is 0. The van der Waals surface area contributed by atoms with E-state index in [1.165, 1.54) is 6.42 Å². The number of hydrogen-bond acceptors (Lipinski definition) is 1. The molecule has 0 radical (unpaired) electrons. The lowest BCUT2D eigenvalue weighted by Crippen LogP contribution is -2.21. The van der Waals surface area contributed by atoms with Gasteiger partial charge >= 0.3 is 0 Å². The summed E-state index contributed by atoms with van der Waals surface area (Å²) in [6, 6.07) is 0. The van der Waals surface area contributed by atoms with E-state index in [9.17, 15) is 0 Å². The summed E-state index contributed by atoms with van der Waals surface area (Å²) < 4.78 is 0. The molecule has 9 heavy (non-hydrogen) atoms. The quantitative estimate of drug-likeness (QED) is 0.412. The minimum atomic E-state index is 1.06. The van der Waals surface area contributed by atoms with E-state index < -0.39 is 0 Å². The number of hydrogen-bond donors (Lipinski definition) is 0. The molecular formula is C7H16N2. The molecule has 0 bridgehead atoms. The van der Waals surface area contributed by atoms with Gasteiger partial charge in [-0.2, -0.15) is 0 Å². The first-order valence-electron chi connectivity index (χ1n) is 3.51. The Labute approximate surface area is 57.6 Å². The predicted molar refractivity (Wildman–Crippen MR) is 42.0 cm³/mol. The second-order valence-electron chi connectivity index (χ2n) is 2.00. The summed E-state index contributed by atoms with van der Waals surface area (Å²) in [6.45, 7) is 6.49. The molecule has 0 amide bonds. The van der Waals surface area contributed by atoms with Crippen LogP contribution in [0.15, 0.2) is 4.99 Å². The molecular weight excluding hydrogens is 112 g/mol. The highest BCUT2D eigenvalue weighted by molar-refractivity contribution is 5.54. The molecule has 0 atom stereocenters. The average molecular weight is 128 g/mol. The maximum Gasteiger partial charge on any atom is 0.0846 e. The molecule has 0 unspecified atom stereocenters. The van der Waals surface area contributed by atoms with Gasteiger partial charge in [-0.1, -0.05) is 6.92 Å². The van der Waals surface area contributed by atoms with Crippen LogP contribution in [0.3, 0.4) is 0 Å². The highest BCUT2D eigenvalue weighted by atomic mass is 15.1. The van der Waals surface area contributed by atoms with E-state index in [4.69, 9.17) is 0 Å². The van der Waals surface area contributed by atoms with Gasteiger partial charge in [0.15, 0.2) is 0 Å². The Balaban J connectivity index is 3.41. The minimum Gasteiger partial charge on any atom is -0.363 e. The van der Waals surface area contributed by atoms with Crippen LogP contribution in [0.1, 0.15) is 20.3 Å². The fourth-order valence-corrected chi connectivity index (χ4v) is 0.748. The highest BCUT2D eigenvalue weighted by Gasteiger charge is 1.90. The molecule has 0 aliphatic carbocycles. The average Bonchev–Trinajstić information content (AvgIpc) is 1.88. The van der Waals surface area contributed by atoms with Crippen LogP contribution in [-0.2, 0) is 0 Å². The Hall–Kier alpha value is -0.530. The molecule has 0 saturated carbocycles. The van der Waals surface area contributed by atoms with Gasteiger partial charge in [0.2, 0.25) is 0 Å². The van der Waals surface area contributed by atoms with Crippen molar-refractivity contribution in [1.29, 1.82) is 0 Å². The van der Waals surface area contributed by atoms with Gasteiger partial charge in [-0.15, -0.1) is 0 Å². The normalized spacial score (nSPS) is 10.6. The van der Waals surface area contributed by atoms with E-state index in [2.05, 4.69) is 23.7 Å². The molecule has 0 spiro atoms. The van der Waals surface area contributed by atoms with Crippen LogP contribution in [0.4, 0.5) is 0 Å². The van der Waals surface area contributed by atoms with E-state index in [1.807, 2.05) is 6.34 Å². The van der Waals surface area contributed by atoms with Crippen LogP contribution < -0.4 is 0 Å². The molecule has 0 aromatic rings. The van der Waals surface area contributed by atoms with E-state index in [0.29, 0.717) is 0 Å². The van der Waals surface area contributed by atoms with Crippen LogP contribution in [0.5, 0.6) is 0 Å². The molecule has 0 saturated heterocycles. The van der Waals surface area contributed by atoms with Crippen molar-refractivity contribution in [2.45, 2.75) is 20.3 Å². The standard InChI is InChI=1S/C7H16N2/c1-4-6-9(5-2)7-8-3/h7H,4-6H2,1-3H3. The smallest absolute Gasteiger partial charge is 0.0846 e. The van der Waals surface area contributed by atoms with Gasteiger partial charge < -0.3 is 4.90 Å². The van der Waals surface area contributed by atoms with Gasteiger partial charge in [0.05, 0.1) is 6.34 Å². The zero-order valence-electron chi connectivity index (χ0n) is 6.59. The Morgan fingerprint density at radius 1 is 1.44 bits per heavy atom. The third-order valence-corrected chi connectivity index (χ3v) is 1.20. The lowest BCUT2D eigenvalue weighted by atomic mass is 10.4. The van der Waals surface area contributed by atoms with Crippen molar-refractivity contribution in [2.24, 2.45) is 4.99 Å². The fourth-order valence-electron chi connectivity index (χ4n) is 0.748. The molecule has 0 aromatic carbocycles. The second-order valence-corrected chi connectivity index (χ2v) is 2.00. The number of nitrogens with zero attached hydrogens (tertiary/aromatic N) is 2. The summed E-state index contributed by atoms with van der Waals surface area (Å²) in [5.74, 6) is 0. The van der Waals surface area contributed by atoms with E-state index in [-0.39, 0.29) is 0 Å². The van der Waals surface area contributed by atoms with Crippen molar-refractivity contribution in [3.63, 3.8) is 0 Å². The highest BCUT2D eigenvalue weighted by Crippen LogP contribution is 1.84.